The molecule has 0 amide bonds. The molecule has 0 unspecified atom stereocenters. The van der Waals surface area contributed by atoms with Crippen LogP contribution in [-0.4, -0.2) is 16.8 Å². The number of aliphatic carboxylic acids is 1. The van der Waals surface area contributed by atoms with Gasteiger partial charge in [-0.05, 0) is 35.9 Å². The minimum absolute atomic E-state index is 0.228. The van der Waals surface area contributed by atoms with Crippen LogP contribution < -0.4 is 0 Å². The fraction of sp³-hybridized carbons (Fsp3) is 0.444. The van der Waals surface area contributed by atoms with Crippen molar-refractivity contribution in [3.8, 4) is 0 Å². The maximum Gasteiger partial charge on any atom is 0.303 e. The summed E-state index contributed by atoms with van der Waals surface area (Å²) in [7, 11) is 0. The Morgan fingerprint density at radius 3 is 2.93 bits per heavy atom. The van der Waals surface area contributed by atoms with Crippen LogP contribution in [0.2, 0.25) is 5.22 Å². The largest absolute Gasteiger partial charge is 0.481 e. The molecule has 0 saturated heterocycles. The molecule has 78 valence electrons. The van der Waals surface area contributed by atoms with E-state index in [0.717, 1.165) is 17.3 Å². The molecule has 1 heterocycles. The van der Waals surface area contributed by atoms with Crippen molar-refractivity contribution in [1.29, 1.82) is 0 Å². The normalized spacial score (nSPS) is 10.4. The van der Waals surface area contributed by atoms with Crippen LogP contribution in [0.3, 0.4) is 0 Å². The lowest BCUT2D eigenvalue weighted by molar-refractivity contribution is -0.137. The summed E-state index contributed by atoms with van der Waals surface area (Å²) < 4.78 is 5.14. The van der Waals surface area contributed by atoms with Crippen molar-refractivity contribution >= 4 is 29.3 Å². The minimum Gasteiger partial charge on any atom is -0.481 e. The van der Waals surface area contributed by atoms with E-state index in [9.17, 15) is 4.79 Å². The highest BCUT2D eigenvalue weighted by atomic mass is 35.5. The van der Waals surface area contributed by atoms with Crippen LogP contribution in [0.1, 0.15) is 18.6 Å². The van der Waals surface area contributed by atoms with Crippen LogP contribution in [0.5, 0.6) is 0 Å². The van der Waals surface area contributed by atoms with Crippen LogP contribution in [-0.2, 0) is 10.5 Å². The molecule has 0 atom stereocenters. The standard InChI is InChI=1S/C9H11ClO3S/c10-8-4-3-7(13-8)6-14-5-1-2-9(11)12/h3-4H,1-2,5-6H2,(H,11,12). The molecular formula is C9H11ClO3S. The Labute approximate surface area is 91.4 Å². The molecule has 1 rings (SSSR count). The third-order valence-corrected chi connectivity index (χ3v) is 2.82. The summed E-state index contributed by atoms with van der Waals surface area (Å²) in [5, 5.41) is 8.78. The summed E-state index contributed by atoms with van der Waals surface area (Å²) in [6.07, 6.45) is 0.917. The first-order valence-electron chi connectivity index (χ1n) is 4.22. The maximum absolute atomic E-state index is 10.2. The molecule has 0 bridgehead atoms. The lowest BCUT2D eigenvalue weighted by atomic mass is 10.3. The molecule has 0 radical (unpaired) electrons. The maximum atomic E-state index is 10.2. The van der Waals surface area contributed by atoms with Gasteiger partial charge in [-0.15, -0.1) is 0 Å². The number of hydrogen-bond acceptors (Lipinski definition) is 3. The van der Waals surface area contributed by atoms with Gasteiger partial charge in [-0.1, -0.05) is 0 Å². The number of carbonyl (C=O) groups is 1. The lowest BCUT2D eigenvalue weighted by Crippen LogP contribution is -1.94. The van der Waals surface area contributed by atoms with Gasteiger partial charge < -0.3 is 9.52 Å². The zero-order valence-electron chi connectivity index (χ0n) is 7.53. The third kappa shape index (κ3) is 4.58. The molecule has 0 saturated carbocycles. The molecule has 0 aromatic carbocycles. The van der Waals surface area contributed by atoms with E-state index < -0.39 is 5.97 Å². The second-order valence-corrected chi connectivity index (χ2v) is 4.23. The summed E-state index contributed by atoms with van der Waals surface area (Å²) in [5.74, 6) is 1.65. The molecule has 5 heteroatoms. The Morgan fingerprint density at radius 2 is 2.36 bits per heavy atom. The quantitative estimate of drug-likeness (QED) is 0.769. The monoisotopic (exact) mass is 234 g/mol. The Morgan fingerprint density at radius 1 is 1.57 bits per heavy atom. The molecule has 1 aromatic rings. The molecular weight excluding hydrogens is 224 g/mol. The van der Waals surface area contributed by atoms with Crippen LogP contribution >= 0.6 is 23.4 Å². The van der Waals surface area contributed by atoms with Gasteiger partial charge in [-0.2, -0.15) is 11.8 Å². The average molecular weight is 235 g/mol. The van der Waals surface area contributed by atoms with Crippen LogP contribution in [0, 0.1) is 0 Å². The van der Waals surface area contributed by atoms with E-state index in [2.05, 4.69) is 0 Å². The Kier molecular flexibility index (Phi) is 4.90. The van der Waals surface area contributed by atoms with Gasteiger partial charge in [0.25, 0.3) is 0 Å². The molecule has 14 heavy (non-hydrogen) atoms. The van der Waals surface area contributed by atoms with Gasteiger partial charge in [0.05, 0.1) is 5.75 Å². The number of thioether (sulfide) groups is 1. The topological polar surface area (TPSA) is 50.4 Å². The van der Waals surface area contributed by atoms with E-state index >= 15 is 0 Å². The first kappa shape index (κ1) is 11.5. The van der Waals surface area contributed by atoms with Gasteiger partial charge in [0.1, 0.15) is 5.76 Å². The zero-order valence-corrected chi connectivity index (χ0v) is 9.11. The first-order valence-corrected chi connectivity index (χ1v) is 5.75. The predicted molar refractivity (Wildman–Crippen MR) is 56.7 cm³/mol. The summed E-state index contributed by atoms with van der Waals surface area (Å²) in [6, 6.07) is 3.53. The second-order valence-electron chi connectivity index (χ2n) is 2.76. The van der Waals surface area contributed by atoms with Crippen molar-refractivity contribution in [2.75, 3.05) is 5.75 Å². The minimum atomic E-state index is -0.744. The first-order chi connectivity index (χ1) is 6.68. The predicted octanol–water partition coefficient (Wildman–Crippen LogP) is 3.03. The van der Waals surface area contributed by atoms with Gasteiger partial charge in [-0.25, -0.2) is 0 Å². The molecule has 1 N–H and O–H groups in total. The van der Waals surface area contributed by atoms with E-state index in [4.69, 9.17) is 21.1 Å². The van der Waals surface area contributed by atoms with Gasteiger partial charge in [0.15, 0.2) is 5.22 Å². The number of halogens is 1. The Bertz CT molecular complexity index is 298. The number of hydrogen-bond donors (Lipinski definition) is 1. The summed E-state index contributed by atoms with van der Waals surface area (Å²) >= 11 is 7.23. The van der Waals surface area contributed by atoms with Crippen molar-refractivity contribution in [1.82, 2.24) is 0 Å². The fourth-order valence-electron chi connectivity index (χ4n) is 0.928. The molecule has 0 fully saturated rings. The molecule has 1 aromatic heterocycles. The Balaban J connectivity index is 2.07. The van der Waals surface area contributed by atoms with E-state index in [-0.39, 0.29) is 6.42 Å². The fourth-order valence-corrected chi connectivity index (χ4v) is 1.94. The summed E-state index contributed by atoms with van der Waals surface area (Å²) in [5.41, 5.74) is 0. The molecule has 0 spiro atoms. The number of furan rings is 1. The number of rotatable bonds is 6. The van der Waals surface area contributed by atoms with Crippen LogP contribution in [0.15, 0.2) is 16.5 Å². The Hall–Kier alpha value is -0.610. The molecule has 0 aliphatic rings. The van der Waals surface area contributed by atoms with Crippen molar-refractivity contribution in [2.24, 2.45) is 0 Å². The lowest BCUT2D eigenvalue weighted by Gasteiger charge is -1.96. The zero-order chi connectivity index (χ0) is 10.4. The van der Waals surface area contributed by atoms with Crippen molar-refractivity contribution in [2.45, 2.75) is 18.6 Å². The highest BCUT2D eigenvalue weighted by Crippen LogP contribution is 2.19. The highest BCUT2D eigenvalue weighted by molar-refractivity contribution is 7.98. The third-order valence-electron chi connectivity index (χ3n) is 1.55. The second kappa shape index (κ2) is 5.98. The summed E-state index contributed by atoms with van der Waals surface area (Å²) in [4.78, 5) is 10.2. The average Bonchev–Trinajstić information content (AvgIpc) is 2.50. The van der Waals surface area contributed by atoms with E-state index in [0.29, 0.717) is 11.6 Å². The molecule has 0 aliphatic heterocycles. The molecule has 0 aliphatic carbocycles. The van der Waals surface area contributed by atoms with Crippen LogP contribution in [0.4, 0.5) is 0 Å². The molecule has 3 nitrogen and oxygen atoms in total. The van der Waals surface area contributed by atoms with Gasteiger partial charge in [-0.3, -0.25) is 4.79 Å². The van der Waals surface area contributed by atoms with E-state index in [1.807, 2.05) is 6.07 Å². The van der Waals surface area contributed by atoms with Crippen molar-refractivity contribution < 1.29 is 14.3 Å². The van der Waals surface area contributed by atoms with Crippen molar-refractivity contribution in [3.05, 3.63) is 23.1 Å². The van der Waals surface area contributed by atoms with E-state index in [1.54, 1.807) is 17.8 Å². The van der Waals surface area contributed by atoms with E-state index in [1.165, 1.54) is 0 Å². The SMILES string of the molecule is O=C(O)CCCSCc1ccc(Cl)o1. The summed E-state index contributed by atoms with van der Waals surface area (Å²) in [6.45, 7) is 0. The van der Waals surface area contributed by atoms with Gasteiger partial charge in [0.2, 0.25) is 0 Å². The van der Waals surface area contributed by atoms with Crippen LogP contribution in [0.25, 0.3) is 0 Å². The number of carboxylic acids is 1. The number of carboxylic acid groups (broad SMARTS) is 1. The van der Waals surface area contributed by atoms with Gasteiger partial charge >= 0.3 is 5.97 Å². The van der Waals surface area contributed by atoms with Gasteiger partial charge in [0, 0.05) is 6.42 Å². The van der Waals surface area contributed by atoms with Crippen molar-refractivity contribution in [3.63, 3.8) is 0 Å². The smallest absolute Gasteiger partial charge is 0.303 e. The highest BCUT2D eigenvalue weighted by Gasteiger charge is 2.00.